The number of allylic oxidation sites excluding steroid dienone is 1. The summed E-state index contributed by atoms with van der Waals surface area (Å²) in [5, 5.41) is 0. The van der Waals surface area contributed by atoms with E-state index in [-0.39, 0.29) is 1.43 Å². The lowest BCUT2D eigenvalue weighted by Gasteiger charge is -2.09. The van der Waals surface area contributed by atoms with Gasteiger partial charge in [0.1, 0.15) is 5.82 Å². The van der Waals surface area contributed by atoms with Crippen molar-refractivity contribution >= 4 is 5.57 Å². The predicted octanol–water partition coefficient (Wildman–Crippen LogP) is 5.18. The SMILES string of the molecule is C=C(C)c1ncc(-c2ccc(C)c3c2CCC3)[nH]1.CC.[HH]. The molecule has 0 atom stereocenters. The zero-order valence-corrected chi connectivity index (χ0v) is 13.0. The van der Waals surface area contributed by atoms with Gasteiger partial charge in [-0.25, -0.2) is 4.98 Å². The van der Waals surface area contributed by atoms with E-state index < -0.39 is 0 Å². The molecule has 1 heterocycles. The average molecular weight is 270 g/mol. The Kier molecular flexibility index (Phi) is 4.43. The Morgan fingerprint density at radius 3 is 2.60 bits per heavy atom. The number of nitrogens with one attached hydrogen (secondary N) is 1. The van der Waals surface area contributed by atoms with Crippen LogP contribution in [0.5, 0.6) is 0 Å². The van der Waals surface area contributed by atoms with E-state index in [1.807, 2.05) is 27.0 Å². The number of aromatic nitrogens is 2. The van der Waals surface area contributed by atoms with Crippen LogP contribution in [0.1, 0.15) is 51.1 Å². The molecular formula is C18H26N2. The fourth-order valence-corrected chi connectivity index (χ4v) is 2.81. The maximum Gasteiger partial charge on any atom is 0.132 e. The molecule has 0 bridgehead atoms. The molecule has 2 heteroatoms. The number of hydrogen-bond donors (Lipinski definition) is 1. The normalized spacial score (nSPS) is 12.6. The first-order valence-electron chi connectivity index (χ1n) is 7.49. The van der Waals surface area contributed by atoms with Crippen LogP contribution in [-0.2, 0) is 12.8 Å². The molecule has 2 nitrogen and oxygen atoms in total. The Labute approximate surface area is 123 Å². The van der Waals surface area contributed by atoms with Crippen LogP contribution in [0.25, 0.3) is 16.8 Å². The third-order valence-electron chi connectivity index (χ3n) is 3.79. The highest BCUT2D eigenvalue weighted by molar-refractivity contribution is 5.69. The minimum absolute atomic E-state index is 0. The molecule has 1 aromatic heterocycles. The topological polar surface area (TPSA) is 28.7 Å². The van der Waals surface area contributed by atoms with E-state index in [1.165, 1.54) is 36.0 Å². The summed E-state index contributed by atoms with van der Waals surface area (Å²) in [5.41, 5.74) is 7.88. The minimum Gasteiger partial charge on any atom is -0.338 e. The van der Waals surface area contributed by atoms with Crippen molar-refractivity contribution in [2.75, 3.05) is 0 Å². The van der Waals surface area contributed by atoms with E-state index >= 15 is 0 Å². The van der Waals surface area contributed by atoms with Gasteiger partial charge in [-0.2, -0.15) is 0 Å². The van der Waals surface area contributed by atoms with Crippen molar-refractivity contribution in [1.29, 1.82) is 0 Å². The zero-order chi connectivity index (χ0) is 14.7. The van der Waals surface area contributed by atoms with Crippen LogP contribution >= 0.6 is 0 Å². The first-order valence-corrected chi connectivity index (χ1v) is 7.49. The van der Waals surface area contributed by atoms with Crippen LogP contribution in [0.15, 0.2) is 24.9 Å². The molecule has 0 saturated heterocycles. The summed E-state index contributed by atoms with van der Waals surface area (Å²) in [5.74, 6) is 0.886. The van der Waals surface area contributed by atoms with Crippen LogP contribution in [0.4, 0.5) is 0 Å². The van der Waals surface area contributed by atoms with E-state index in [4.69, 9.17) is 0 Å². The first-order chi connectivity index (χ1) is 9.66. The second-order valence-electron chi connectivity index (χ2n) is 5.17. The molecule has 0 unspecified atom stereocenters. The smallest absolute Gasteiger partial charge is 0.132 e. The number of fused-ring (bicyclic) bond motifs is 1. The molecule has 0 aliphatic heterocycles. The molecule has 0 spiro atoms. The van der Waals surface area contributed by atoms with E-state index in [2.05, 4.69) is 35.6 Å². The third-order valence-corrected chi connectivity index (χ3v) is 3.79. The Morgan fingerprint density at radius 2 is 1.95 bits per heavy atom. The number of H-pyrrole nitrogens is 1. The van der Waals surface area contributed by atoms with Crippen molar-refractivity contribution < 1.29 is 1.43 Å². The van der Waals surface area contributed by atoms with Gasteiger partial charge in [-0.3, -0.25) is 0 Å². The second kappa shape index (κ2) is 6.08. The van der Waals surface area contributed by atoms with Gasteiger partial charge in [-0.15, -0.1) is 0 Å². The predicted molar refractivity (Wildman–Crippen MR) is 89.0 cm³/mol. The lowest BCUT2D eigenvalue weighted by molar-refractivity contribution is 0.909. The Bertz CT molecular complexity index is 626. The molecule has 0 fully saturated rings. The Hall–Kier alpha value is -1.83. The van der Waals surface area contributed by atoms with Gasteiger partial charge >= 0.3 is 0 Å². The van der Waals surface area contributed by atoms with Crippen molar-refractivity contribution in [3.05, 3.63) is 47.4 Å². The van der Waals surface area contributed by atoms with E-state index in [1.54, 1.807) is 5.56 Å². The van der Waals surface area contributed by atoms with Gasteiger partial charge in [0.2, 0.25) is 0 Å². The van der Waals surface area contributed by atoms with Crippen molar-refractivity contribution in [3.63, 3.8) is 0 Å². The van der Waals surface area contributed by atoms with Crippen LogP contribution in [0.3, 0.4) is 0 Å². The maximum absolute atomic E-state index is 4.38. The van der Waals surface area contributed by atoms with Crippen LogP contribution in [0.2, 0.25) is 0 Å². The fraction of sp³-hybridized carbons (Fsp3) is 0.389. The van der Waals surface area contributed by atoms with E-state index in [0.717, 1.165) is 17.1 Å². The molecule has 108 valence electrons. The molecular weight excluding hydrogens is 244 g/mol. The largest absolute Gasteiger partial charge is 0.338 e. The highest BCUT2D eigenvalue weighted by Crippen LogP contribution is 2.33. The van der Waals surface area contributed by atoms with Gasteiger partial charge in [0.05, 0.1) is 11.9 Å². The molecule has 1 aliphatic rings. The lowest BCUT2D eigenvalue weighted by Crippen LogP contribution is -1.92. The summed E-state index contributed by atoms with van der Waals surface area (Å²) in [6, 6.07) is 4.44. The lowest BCUT2D eigenvalue weighted by atomic mass is 9.97. The first kappa shape index (κ1) is 14.6. The number of rotatable bonds is 2. The van der Waals surface area contributed by atoms with Crippen LogP contribution in [-0.4, -0.2) is 9.97 Å². The van der Waals surface area contributed by atoms with Crippen molar-refractivity contribution in [2.24, 2.45) is 0 Å². The number of hydrogen-bond acceptors (Lipinski definition) is 1. The third kappa shape index (κ3) is 2.55. The Balaban J connectivity index is 0.000000706. The molecule has 0 saturated carbocycles. The fourth-order valence-electron chi connectivity index (χ4n) is 2.81. The van der Waals surface area contributed by atoms with Gasteiger partial charge in [-0.1, -0.05) is 32.6 Å². The van der Waals surface area contributed by atoms with Crippen molar-refractivity contribution in [1.82, 2.24) is 9.97 Å². The molecule has 20 heavy (non-hydrogen) atoms. The zero-order valence-electron chi connectivity index (χ0n) is 13.0. The highest BCUT2D eigenvalue weighted by atomic mass is 14.9. The van der Waals surface area contributed by atoms with Gasteiger partial charge in [0.15, 0.2) is 0 Å². The minimum atomic E-state index is 0. The molecule has 0 amide bonds. The summed E-state index contributed by atoms with van der Waals surface area (Å²) in [7, 11) is 0. The summed E-state index contributed by atoms with van der Waals surface area (Å²) in [4.78, 5) is 7.75. The van der Waals surface area contributed by atoms with Crippen LogP contribution in [0, 0.1) is 6.92 Å². The number of benzene rings is 1. The summed E-state index contributed by atoms with van der Waals surface area (Å²) < 4.78 is 0. The molecule has 0 radical (unpaired) electrons. The van der Waals surface area contributed by atoms with Gasteiger partial charge in [0.25, 0.3) is 0 Å². The molecule has 1 N–H and O–H groups in total. The van der Waals surface area contributed by atoms with Gasteiger partial charge in [0, 0.05) is 6.99 Å². The van der Waals surface area contributed by atoms with Gasteiger partial charge < -0.3 is 4.98 Å². The standard InChI is InChI=1S/C16H18N2.C2H6.H2/c1-10(2)16-17-9-15(18-16)14-8-7-11(3)12-5-4-6-13(12)14;1-2;/h7-9H,1,4-6H2,2-3H3,(H,17,18);1-2H3;1H. The Morgan fingerprint density at radius 1 is 1.25 bits per heavy atom. The molecule has 3 rings (SSSR count). The number of aryl methyl sites for hydroxylation is 1. The highest BCUT2D eigenvalue weighted by Gasteiger charge is 2.18. The van der Waals surface area contributed by atoms with Crippen LogP contribution < -0.4 is 0 Å². The molecule has 1 aromatic carbocycles. The number of aromatic amines is 1. The second-order valence-corrected chi connectivity index (χ2v) is 5.17. The number of nitrogens with zero attached hydrogens (tertiary/aromatic N) is 1. The van der Waals surface area contributed by atoms with Crippen molar-refractivity contribution in [3.8, 4) is 11.3 Å². The maximum atomic E-state index is 4.38. The number of imidazole rings is 1. The summed E-state index contributed by atoms with van der Waals surface area (Å²) >= 11 is 0. The summed E-state index contributed by atoms with van der Waals surface area (Å²) in [6.45, 7) is 12.1. The van der Waals surface area contributed by atoms with Crippen molar-refractivity contribution in [2.45, 2.75) is 47.0 Å². The quantitative estimate of drug-likeness (QED) is 0.800. The van der Waals surface area contributed by atoms with Gasteiger partial charge in [-0.05, 0) is 55.4 Å². The van der Waals surface area contributed by atoms with E-state index in [9.17, 15) is 0 Å². The monoisotopic (exact) mass is 270 g/mol. The molecule has 1 aliphatic carbocycles. The average Bonchev–Trinajstić information content (AvgIpc) is 3.11. The molecule has 2 aromatic rings. The summed E-state index contributed by atoms with van der Waals surface area (Å²) in [6.07, 6.45) is 5.60. The van der Waals surface area contributed by atoms with E-state index in [0.29, 0.717) is 0 Å².